The molecule has 2 aliphatic heterocycles. The summed E-state index contributed by atoms with van der Waals surface area (Å²) in [5, 5.41) is 10.2. The van der Waals surface area contributed by atoms with E-state index in [1.165, 1.54) is 30.0 Å². The molecule has 1 N–H and O–H groups in total. The minimum absolute atomic E-state index is 0.0491. The molecule has 6 nitrogen and oxygen atoms in total. The van der Waals surface area contributed by atoms with E-state index in [2.05, 4.69) is 27.6 Å². The van der Waals surface area contributed by atoms with Crippen molar-refractivity contribution >= 4 is 34.1 Å². The first-order chi connectivity index (χ1) is 15.5. The Hall–Kier alpha value is -2.19. The molecular formula is C23H26ClFN6S. The first-order valence-electron chi connectivity index (χ1n) is 11.4. The number of benzene rings is 1. The maximum absolute atomic E-state index is 13.6. The molecular weight excluding hydrogens is 447 g/mol. The van der Waals surface area contributed by atoms with E-state index < -0.39 is 0 Å². The van der Waals surface area contributed by atoms with Crippen molar-refractivity contribution in [3.63, 3.8) is 0 Å². The predicted molar refractivity (Wildman–Crippen MR) is 125 cm³/mol. The Bertz CT molecular complexity index is 1130. The van der Waals surface area contributed by atoms with Crippen LogP contribution in [-0.4, -0.2) is 38.3 Å². The number of fused-ring (bicyclic) bond motifs is 3. The summed E-state index contributed by atoms with van der Waals surface area (Å²) in [7, 11) is 0. The maximum Gasteiger partial charge on any atom is 0.242 e. The largest absolute Gasteiger partial charge is 0.361 e. The van der Waals surface area contributed by atoms with Crippen molar-refractivity contribution in [2.45, 2.75) is 51.1 Å². The minimum atomic E-state index is -0.311. The number of hydrogen-bond acceptors (Lipinski definition) is 6. The first-order valence-corrected chi connectivity index (χ1v) is 12.5. The van der Waals surface area contributed by atoms with E-state index in [-0.39, 0.29) is 11.7 Å². The standard InChI is InChI=1S/C23H26ClFN6S/c1-13-9-20(32-29-13)30-11-14-4-5-15(12-30)21(14)26-23-27-22-18(3-2-8-31(22)28-23)17-7-6-16(25)10-19(17)24/h6-7,9-10,14-15,18,21H,2-5,8,11-12H2,1H3,(H,26,28)/t14-,15+,18?,21-. The fourth-order valence-corrected chi connectivity index (χ4v) is 6.85. The Balaban J connectivity index is 1.21. The summed E-state index contributed by atoms with van der Waals surface area (Å²) >= 11 is 7.99. The van der Waals surface area contributed by atoms with E-state index in [9.17, 15) is 4.39 Å². The normalized spacial score (nSPS) is 26.9. The number of nitrogens with zero attached hydrogens (tertiary/aromatic N) is 5. The Morgan fingerprint density at radius 1 is 1.16 bits per heavy atom. The van der Waals surface area contributed by atoms with Gasteiger partial charge in [-0.1, -0.05) is 17.7 Å². The van der Waals surface area contributed by atoms with Crippen LogP contribution in [0.1, 0.15) is 48.7 Å². The third-order valence-electron chi connectivity index (χ3n) is 7.27. The van der Waals surface area contributed by atoms with Crippen molar-refractivity contribution in [1.29, 1.82) is 0 Å². The number of rotatable bonds is 4. The van der Waals surface area contributed by atoms with E-state index in [1.54, 1.807) is 17.6 Å². The molecule has 4 atom stereocenters. The zero-order valence-electron chi connectivity index (χ0n) is 18.0. The molecule has 1 aliphatic carbocycles. The molecule has 1 unspecified atom stereocenters. The number of aryl methyl sites for hydroxylation is 2. The van der Waals surface area contributed by atoms with Gasteiger partial charge in [0, 0.05) is 36.6 Å². The van der Waals surface area contributed by atoms with Gasteiger partial charge in [0.15, 0.2) is 0 Å². The van der Waals surface area contributed by atoms with Gasteiger partial charge in [-0.05, 0) is 79.7 Å². The van der Waals surface area contributed by atoms with Crippen LogP contribution in [0.4, 0.5) is 15.3 Å². The van der Waals surface area contributed by atoms with Gasteiger partial charge in [-0.3, -0.25) is 0 Å². The summed E-state index contributed by atoms with van der Waals surface area (Å²) in [6.45, 7) is 5.02. The van der Waals surface area contributed by atoms with Crippen molar-refractivity contribution in [2.24, 2.45) is 11.8 Å². The molecule has 0 spiro atoms. The van der Waals surface area contributed by atoms with Crippen molar-refractivity contribution < 1.29 is 4.39 Å². The van der Waals surface area contributed by atoms with Gasteiger partial charge in [0.2, 0.25) is 5.95 Å². The monoisotopic (exact) mass is 472 g/mol. The van der Waals surface area contributed by atoms with Crippen molar-refractivity contribution in [3.8, 4) is 0 Å². The quantitative estimate of drug-likeness (QED) is 0.573. The number of nitrogens with one attached hydrogen (secondary N) is 1. The first kappa shape index (κ1) is 20.4. The summed E-state index contributed by atoms with van der Waals surface area (Å²) in [4.78, 5) is 7.41. The number of aromatic nitrogens is 4. The maximum atomic E-state index is 13.6. The van der Waals surface area contributed by atoms with Crippen molar-refractivity contribution in [1.82, 2.24) is 19.1 Å². The van der Waals surface area contributed by atoms with Crippen LogP contribution in [0.3, 0.4) is 0 Å². The molecule has 2 aromatic heterocycles. The lowest BCUT2D eigenvalue weighted by Crippen LogP contribution is -2.48. The molecule has 0 amide bonds. The lowest BCUT2D eigenvalue weighted by molar-refractivity contribution is 0.377. The fraction of sp³-hybridized carbons (Fsp3) is 0.522. The molecule has 3 aliphatic rings. The highest BCUT2D eigenvalue weighted by molar-refractivity contribution is 7.10. The summed E-state index contributed by atoms with van der Waals surface area (Å²) in [5.41, 5.74) is 2.03. The molecule has 9 heteroatoms. The topological polar surface area (TPSA) is 58.9 Å². The molecule has 1 aromatic carbocycles. The van der Waals surface area contributed by atoms with Crippen LogP contribution in [0.15, 0.2) is 24.3 Å². The second kappa shape index (κ2) is 7.99. The zero-order chi connectivity index (χ0) is 21.8. The lowest BCUT2D eigenvalue weighted by atomic mass is 9.91. The smallest absolute Gasteiger partial charge is 0.242 e. The molecule has 1 saturated heterocycles. The molecule has 1 saturated carbocycles. The van der Waals surface area contributed by atoms with Crippen LogP contribution >= 0.6 is 23.1 Å². The lowest BCUT2D eigenvalue weighted by Gasteiger charge is -2.38. The van der Waals surface area contributed by atoms with Gasteiger partial charge >= 0.3 is 0 Å². The van der Waals surface area contributed by atoms with Crippen molar-refractivity contribution in [2.75, 3.05) is 23.3 Å². The molecule has 0 radical (unpaired) electrons. The van der Waals surface area contributed by atoms with Gasteiger partial charge in [-0.15, -0.1) is 5.10 Å². The number of piperidine rings is 1. The predicted octanol–water partition coefficient (Wildman–Crippen LogP) is 5.09. The second-order valence-corrected chi connectivity index (χ2v) is 10.5. The van der Waals surface area contributed by atoms with Gasteiger partial charge in [-0.25, -0.2) is 9.07 Å². The highest BCUT2D eigenvalue weighted by Crippen LogP contribution is 2.42. The van der Waals surface area contributed by atoms with Gasteiger partial charge in [0.05, 0.1) is 5.69 Å². The van der Waals surface area contributed by atoms with E-state index in [4.69, 9.17) is 21.7 Å². The number of anilines is 2. The van der Waals surface area contributed by atoms with E-state index in [1.807, 2.05) is 4.68 Å². The Labute approximate surface area is 196 Å². The fourth-order valence-electron chi connectivity index (χ4n) is 5.78. The van der Waals surface area contributed by atoms with Gasteiger partial charge in [0.1, 0.15) is 16.6 Å². The van der Waals surface area contributed by atoms with Gasteiger partial charge in [0.25, 0.3) is 0 Å². The van der Waals surface area contributed by atoms with Gasteiger partial charge in [-0.2, -0.15) is 9.36 Å². The SMILES string of the molecule is Cc1cc(N2C[C@H]3CC[C@@H](C2)[C@@H]3Nc2nc3n(n2)CCCC3c2ccc(F)cc2Cl)sn1. The van der Waals surface area contributed by atoms with Crippen LogP contribution in [0.2, 0.25) is 5.02 Å². The van der Waals surface area contributed by atoms with E-state index >= 15 is 0 Å². The van der Waals surface area contributed by atoms with Crippen molar-refractivity contribution in [3.05, 3.63) is 52.2 Å². The molecule has 168 valence electrons. The van der Waals surface area contributed by atoms with Crippen LogP contribution in [-0.2, 0) is 6.54 Å². The Kier molecular flexibility index (Phi) is 5.10. The average Bonchev–Trinajstić information content (AvgIpc) is 3.44. The highest BCUT2D eigenvalue weighted by Gasteiger charge is 2.43. The average molecular weight is 473 g/mol. The molecule has 2 bridgehead atoms. The zero-order valence-corrected chi connectivity index (χ0v) is 19.5. The van der Waals surface area contributed by atoms with Crippen LogP contribution in [0.5, 0.6) is 0 Å². The third-order valence-corrected chi connectivity index (χ3v) is 8.54. The van der Waals surface area contributed by atoms with E-state index in [0.717, 1.165) is 49.6 Å². The summed E-state index contributed by atoms with van der Waals surface area (Å²) in [6, 6.07) is 7.26. The summed E-state index contributed by atoms with van der Waals surface area (Å²) in [5.74, 6) is 2.55. The molecule has 4 heterocycles. The minimum Gasteiger partial charge on any atom is -0.361 e. The molecule has 32 heavy (non-hydrogen) atoms. The molecule has 2 fully saturated rings. The molecule has 3 aromatic rings. The van der Waals surface area contributed by atoms with Crippen LogP contribution < -0.4 is 10.2 Å². The number of hydrogen-bond donors (Lipinski definition) is 1. The van der Waals surface area contributed by atoms with Crippen LogP contribution in [0, 0.1) is 24.6 Å². The summed E-state index contributed by atoms with van der Waals surface area (Å²) in [6.07, 6.45) is 4.42. The van der Waals surface area contributed by atoms with E-state index in [0.29, 0.717) is 28.8 Å². The van der Waals surface area contributed by atoms with Crippen LogP contribution in [0.25, 0.3) is 0 Å². The summed E-state index contributed by atoms with van der Waals surface area (Å²) < 4.78 is 20.0. The Morgan fingerprint density at radius 2 is 1.97 bits per heavy atom. The van der Waals surface area contributed by atoms with Gasteiger partial charge < -0.3 is 10.2 Å². The molecule has 6 rings (SSSR count). The highest BCUT2D eigenvalue weighted by atomic mass is 35.5. The number of halogens is 2. The Morgan fingerprint density at radius 3 is 2.69 bits per heavy atom. The second-order valence-electron chi connectivity index (χ2n) is 9.36. The third kappa shape index (κ3) is 3.57.